The van der Waals surface area contributed by atoms with Gasteiger partial charge in [0, 0.05) is 31.9 Å². The number of hydrazone groups is 1. The van der Waals surface area contributed by atoms with E-state index in [1.807, 2.05) is 4.90 Å². The maximum Gasteiger partial charge on any atom is 0.241 e. The van der Waals surface area contributed by atoms with Crippen LogP contribution in [0, 0.1) is 11.2 Å². The molecular formula is C18H24FN7O. The number of nitrogens with one attached hydrogen (secondary N) is 5. The van der Waals surface area contributed by atoms with E-state index in [1.165, 1.54) is 12.1 Å². The molecule has 1 aromatic rings. The SMILES string of the molecule is CN/C(N[C@H]1CCCN(C(=O)CNc2ccc(F)cc2)C1)=C1/C=NNC1=N. The van der Waals surface area contributed by atoms with E-state index in [4.69, 9.17) is 5.41 Å². The Labute approximate surface area is 157 Å². The van der Waals surface area contributed by atoms with Crippen molar-refractivity contribution in [2.24, 2.45) is 5.10 Å². The van der Waals surface area contributed by atoms with Crippen LogP contribution >= 0.6 is 0 Å². The number of nitrogens with zero attached hydrogens (tertiary/aromatic N) is 2. The molecule has 5 N–H and O–H groups in total. The summed E-state index contributed by atoms with van der Waals surface area (Å²) in [6, 6.07) is 6.03. The molecule has 0 bridgehead atoms. The molecule has 0 saturated carbocycles. The number of amides is 1. The Bertz CT molecular complexity index is 759. The number of anilines is 1. The highest BCUT2D eigenvalue weighted by molar-refractivity contribution is 6.17. The van der Waals surface area contributed by atoms with Crippen molar-refractivity contribution in [2.75, 3.05) is 32.0 Å². The lowest BCUT2D eigenvalue weighted by atomic mass is 10.1. The molecule has 1 saturated heterocycles. The Hall–Kier alpha value is -3.10. The van der Waals surface area contributed by atoms with Gasteiger partial charge in [0.1, 0.15) is 11.6 Å². The third-order valence-corrected chi connectivity index (χ3v) is 4.57. The number of likely N-dealkylation sites (tertiary alicyclic amines) is 1. The van der Waals surface area contributed by atoms with E-state index in [1.54, 1.807) is 25.4 Å². The van der Waals surface area contributed by atoms with Gasteiger partial charge in [-0.3, -0.25) is 15.6 Å². The van der Waals surface area contributed by atoms with Gasteiger partial charge in [-0.2, -0.15) is 5.10 Å². The van der Waals surface area contributed by atoms with Gasteiger partial charge >= 0.3 is 0 Å². The van der Waals surface area contributed by atoms with E-state index in [0.29, 0.717) is 24.4 Å². The standard InChI is InChI=1S/C18H24FN7O/c1-21-18(15-9-23-25-17(15)20)24-14-3-2-8-26(11-14)16(27)10-22-13-6-4-12(19)5-7-13/h4-7,9,14,21-22,24H,2-3,8,10-11H2,1H3,(H2,20,25)/b18-15+/t14-/m0/s1. The van der Waals surface area contributed by atoms with E-state index < -0.39 is 0 Å². The highest BCUT2D eigenvalue weighted by Gasteiger charge is 2.25. The number of benzene rings is 1. The quantitative estimate of drug-likeness (QED) is 0.508. The molecule has 9 heteroatoms. The van der Waals surface area contributed by atoms with Crippen molar-refractivity contribution in [2.45, 2.75) is 18.9 Å². The first kappa shape index (κ1) is 18.7. The van der Waals surface area contributed by atoms with Crippen LogP contribution in [0.25, 0.3) is 0 Å². The Morgan fingerprint density at radius 1 is 1.41 bits per heavy atom. The predicted octanol–water partition coefficient (Wildman–Crippen LogP) is 0.815. The van der Waals surface area contributed by atoms with Gasteiger partial charge < -0.3 is 20.9 Å². The summed E-state index contributed by atoms with van der Waals surface area (Å²) in [7, 11) is 1.78. The van der Waals surface area contributed by atoms with Gasteiger partial charge in [-0.25, -0.2) is 4.39 Å². The van der Waals surface area contributed by atoms with Crippen LogP contribution < -0.4 is 21.4 Å². The number of carbonyl (C=O) groups excluding carboxylic acids is 1. The normalized spacial score (nSPS) is 20.9. The summed E-state index contributed by atoms with van der Waals surface area (Å²) in [5.74, 6) is 0.653. The lowest BCUT2D eigenvalue weighted by molar-refractivity contribution is -0.130. The molecular weight excluding hydrogens is 349 g/mol. The highest BCUT2D eigenvalue weighted by Crippen LogP contribution is 2.14. The minimum atomic E-state index is -0.304. The first-order valence-electron chi connectivity index (χ1n) is 8.90. The van der Waals surface area contributed by atoms with Gasteiger partial charge in [0.05, 0.1) is 18.3 Å². The van der Waals surface area contributed by atoms with Crippen LogP contribution in [0.15, 0.2) is 40.8 Å². The second-order valence-electron chi connectivity index (χ2n) is 6.47. The zero-order valence-corrected chi connectivity index (χ0v) is 15.2. The van der Waals surface area contributed by atoms with Crippen LogP contribution in [0.1, 0.15) is 12.8 Å². The van der Waals surface area contributed by atoms with Gasteiger partial charge in [-0.15, -0.1) is 0 Å². The molecule has 8 nitrogen and oxygen atoms in total. The van der Waals surface area contributed by atoms with Crippen LogP contribution in [0.5, 0.6) is 0 Å². The number of amidine groups is 1. The molecule has 1 amide bonds. The van der Waals surface area contributed by atoms with Crippen LogP contribution in [0.3, 0.4) is 0 Å². The van der Waals surface area contributed by atoms with E-state index in [2.05, 4.69) is 26.5 Å². The first-order chi connectivity index (χ1) is 13.1. The molecule has 0 spiro atoms. The number of piperidine rings is 1. The number of hydrogen-bond donors (Lipinski definition) is 5. The Morgan fingerprint density at radius 2 is 2.19 bits per heavy atom. The molecule has 1 fully saturated rings. The van der Waals surface area contributed by atoms with E-state index in [-0.39, 0.29) is 30.1 Å². The number of halogens is 1. The predicted molar refractivity (Wildman–Crippen MR) is 103 cm³/mol. The van der Waals surface area contributed by atoms with Gasteiger partial charge in [-0.05, 0) is 37.1 Å². The number of hydrogen-bond acceptors (Lipinski definition) is 6. The average molecular weight is 373 g/mol. The van der Waals surface area contributed by atoms with Gasteiger partial charge in [0.25, 0.3) is 0 Å². The Balaban J connectivity index is 1.55. The topological polar surface area (TPSA) is 105 Å². The van der Waals surface area contributed by atoms with E-state index >= 15 is 0 Å². The van der Waals surface area contributed by atoms with Crippen molar-refractivity contribution in [3.63, 3.8) is 0 Å². The first-order valence-corrected chi connectivity index (χ1v) is 8.90. The third kappa shape index (κ3) is 4.75. The summed E-state index contributed by atoms with van der Waals surface area (Å²) in [5.41, 5.74) is 3.98. The smallest absolute Gasteiger partial charge is 0.241 e. The molecule has 3 rings (SSSR count). The molecule has 1 aromatic carbocycles. The second-order valence-corrected chi connectivity index (χ2v) is 6.47. The van der Waals surface area contributed by atoms with Crippen molar-refractivity contribution in [3.05, 3.63) is 41.5 Å². The average Bonchev–Trinajstić information content (AvgIpc) is 3.11. The van der Waals surface area contributed by atoms with Gasteiger partial charge in [0.2, 0.25) is 5.91 Å². The van der Waals surface area contributed by atoms with Crippen molar-refractivity contribution < 1.29 is 9.18 Å². The minimum Gasteiger partial charge on any atom is -0.376 e. The molecule has 0 aliphatic carbocycles. The van der Waals surface area contributed by atoms with Crippen molar-refractivity contribution in [1.29, 1.82) is 5.41 Å². The van der Waals surface area contributed by atoms with Crippen LogP contribution in [0.4, 0.5) is 10.1 Å². The highest BCUT2D eigenvalue weighted by atomic mass is 19.1. The van der Waals surface area contributed by atoms with Gasteiger partial charge in [0.15, 0.2) is 5.84 Å². The Kier molecular flexibility index (Phi) is 5.90. The van der Waals surface area contributed by atoms with E-state index in [0.717, 1.165) is 18.7 Å². The van der Waals surface area contributed by atoms with Crippen molar-refractivity contribution in [1.82, 2.24) is 21.0 Å². The summed E-state index contributed by atoms with van der Waals surface area (Å²) in [6.45, 7) is 1.46. The molecule has 2 aliphatic heterocycles. The number of rotatable bonds is 6. The monoisotopic (exact) mass is 373 g/mol. The lowest BCUT2D eigenvalue weighted by Crippen LogP contribution is -2.50. The fourth-order valence-electron chi connectivity index (χ4n) is 3.14. The summed E-state index contributed by atoms with van der Waals surface area (Å²) in [5, 5.41) is 21.2. The molecule has 1 atom stereocenters. The molecule has 2 heterocycles. The molecule has 27 heavy (non-hydrogen) atoms. The molecule has 0 unspecified atom stereocenters. The van der Waals surface area contributed by atoms with Crippen molar-refractivity contribution >= 4 is 23.6 Å². The lowest BCUT2D eigenvalue weighted by Gasteiger charge is -2.34. The van der Waals surface area contributed by atoms with Gasteiger partial charge in [-0.1, -0.05) is 0 Å². The maximum atomic E-state index is 12.9. The van der Waals surface area contributed by atoms with E-state index in [9.17, 15) is 9.18 Å². The summed E-state index contributed by atoms with van der Waals surface area (Å²) in [6.07, 6.45) is 3.43. The summed E-state index contributed by atoms with van der Waals surface area (Å²) >= 11 is 0. The fraction of sp³-hybridized carbons (Fsp3) is 0.389. The number of carbonyl (C=O) groups is 1. The summed E-state index contributed by atoms with van der Waals surface area (Å²) < 4.78 is 12.9. The molecule has 0 radical (unpaired) electrons. The molecule has 0 aromatic heterocycles. The summed E-state index contributed by atoms with van der Waals surface area (Å²) in [4.78, 5) is 14.3. The molecule has 144 valence electrons. The maximum absolute atomic E-state index is 12.9. The minimum absolute atomic E-state index is 0.00123. The molecule has 2 aliphatic rings. The zero-order chi connectivity index (χ0) is 19.2. The third-order valence-electron chi connectivity index (χ3n) is 4.57. The fourth-order valence-corrected chi connectivity index (χ4v) is 3.14. The van der Waals surface area contributed by atoms with Crippen LogP contribution in [-0.2, 0) is 4.79 Å². The van der Waals surface area contributed by atoms with Crippen LogP contribution in [0.2, 0.25) is 0 Å². The Morgan fingerprint density at radius 3 is 2.85 bits per heavy atom. The largest absolute Gasteiger partial charge is 0.376 e. The van der Waals surface area contributed by atoms with Crippen molar-refractivity contribution in [3.8, 4) is 0 Å². The van der Waals surface area contributed by atoms with Crippen LogP contribution in [-0.4, -0.2) is 55.6 Å². The second kappa shape index (κ2) is 8.52. The zero-order valence-electron chi connectivity index (χ0n) is 15.2.